The van der Waals surface area contributed by atoms with Crippen molar-refractivity contribution in [3.8, 4) is 5.75 Å². The molecule has 0 aliphatic rings. The number of halogens is 3. The highest BCUT2D eigenvalue weighted by Gasteiger charge is 2.18. The minimum Gasteiger partial charge on any atom is -0.578 e. The number of nitrogens with one attached hydrogen (secondary N) is 1. The molecule has 0 fully saturated rings. The fraction of sp³-hybridized carbons (Fsp3) is 0.118. The van der Waals surface area contributed by atoms with Gasteiger partial charge < -0.3 is 14.9 Å². The first-order valence-electron chi connectivity index (χ1n) is 7.23. The standard InChI is InChI=1S/C17H13BrCl2N2O4/c18-9-4-5-14(26-8-16(23)24)11(6-9)17(25)22-15(21)7-10-12(19)2-1-3-13(10)20/h1-6H,7-8H2,(H,23,24)(H2,21,22,25)/p+1. The number of hydrogen-bond acceptors (Lipinski definition) is 3. The van der Waals surface area contributed by atoms with E-state index in [4.69, 9.17) is 43.6 Å². The number of carboxylic acid groups (broad SMARTS) is 1. The number of nitrogens with zero attached hydrogens (tertiary/aromatic N) is 1. The average Bonchev–Trinajstić information content (AvgIpc) is 2.57. The molecule has 0 heterocycles. The van der Waals surface area contributed by atoms with E-state index in [0.29, 0.717) is 20.1 Å². The van der Waals surface area contributed by atoms with E-state index in [9.17, 15) is 4.79 Å². The highest BCUT2D eigenvalue weighted by molar-refractivity contribution is 9.10. The molecular formula is C17H14BrCl2N2O4+. The van der Waals surface area contributed by atoms with Crippen molar-refractivity contribution in [3.05, 3.63) is 62.0 Å². The number of aliphatic carboxylic acids is 1. The van der Waals surface area contributed by atoms with E-state index in [1.165, 1.54) is 6.07 Å². The summed E-state index contributed by atoms with van der Waals surface area (Å²) in [5, 5.41) is 25.7. The van der Waals surface area contributed by atoms with Gasteiger partial charge in [0.2, 0.25) is 0 Å². The van der Waals surface area contributed by atoms with Gasteiger partial charge in [0.25, 0.3) is 0 Å². The molecule has 0 atom stereocenters. The molecular weight excluding hydrogens is 447 g/mol. The number of hydrogen-bond donors (Lipinski definition) is 2. The fourth-order valence-corrected chi connectivity index (χ4v) is 2.95. The molecule has 0 saturated carbocycles. The van der Waals surface area contributed by atoms with E-state index in [2.05, 4.69) is 20.9 Å². The molecule has 136 valence electrons. The van der Waals surface area contributed by atoms with Gasteiger partial charge in [-0.05, 0) is 35.9 Å². The van der Waals surface area contributed by atoms with Crippen LogP contribution in [0.1, 0.15) is 11.1 Å². The molecule has 2 aromatic carbocycles. The molecule has 4 N–H and O–H groups in total. The second kappa shape index (κ2) is 9.02. The second-order valence-electron chi connectivity index (χ2n) is 5.11. The minimum atomic E-state index is -1.14. The number of rotatable bonds is 6. The van der Waals surface area contributed by atoms with Gasteiger partial charge in [-0.15, -0.1) is 4.99 Å². The first-order valence-corrected chi connectivity index (χ1v) is 8.78. The van der Waals surface area contributed by atoms with Gasteiger partial charge in [-0.2, -0.15) is 0 Å². The van der Waals surface area contributed by atoms with Crippen molar-refractivity contribution in [1.29, 1.82) is 5.41 Å². The first-order chi connectivity index (χ1) is 12.3. The molecule has 0 saturated heterocycles. The highest BCUT2D eigenvalue weighted by Crippen LogP contribution is 2.26. The predicted molar refractivity (Wildman–Crippen MR) is 105 cm³/mol. The van der Waals surface area contributed by atoms with E-state index < -0.39 is 12.6 Å². The van der Waals surface area contributed by atoms with Crippen LogP contribution in [-0.2, 0) is 11.2 Å². The molecule has 0 spiro atoms. The summed E-state index contributed by atoms with van der Waals surface area (Å²) in [4.78, 5) is 14.6. The molecule has 0 unspecified atom stereocenters. The minimum absolute atomic E-state index is 0.0558. The Bertz CT molecular complexity index is 867. The third-order valence-corrected chi connectivity index (χ3v) is 4.40. The maximum Gasteiger partial charge on any atom is 0.369 e. The summed E-state index contributed by atoms with van der Waals surface area (Å²) < 4.78 is 5.84. The number of aliphatic imine (C=N–C) groups is 1. The molecule has 26 heavy (non-hydrogen) atoms. The van der Waals surface area contributed by atoms with Crippen LogP contribution in [0.25, 0.3) is 0 Å². The van der Waals surface area contributed by atoms with E-state index in [1.807, 2.05) is 0 Å². The van der Waals surface area contributed by atoms with Crippen molar-refractivity contribution in [2.75, 3.05) is 6.61 Å². The predicted octanol–water partition coefficient (Wildman–Crippen LogP) is 3.91. The summed E-state index contributed by atoms with van der Waals surface area (Å²) in [6, 6.07) is 9.77. The maximum absolute atomic E-state index is 10.7. The normalized spacial score (nSPS) is 11.3. The van der Waals surface area contributed by atoms with Crippen molar-refractivity contribution in [3.63, 3.8) is 0 Å². The number of benzene rings is 2. The molecule has 0 aliphatic heterocycles. The van der Waals surface area contributed by atoms with Crippen LogP contribution < -0.4 is 4.74 Å². The van der Waals surface area contributed by atoms with Crippen molar-refractivity contribution >= 4 is 56.8 Å². The van der Waals surface area contributed by atoms with Gasteiger partial charge in [0, 0.05) is 20.9 Å². The summed E-state index contributed by atoms with van der Waals surface area (Å²) in [6.07, 6.45) is 0.0558. The summed E-state index contributed by atoms with van der Waals surface area (Å²) in [6.45, 7) is -0.547. The van der Waals surface area contributed by atoms with Crippen molar-refractivity contribution in [1.82, 2.24) is 0 Å². The SMILES string of the molecule is N=C(Cc1c(Cl)cccc1Cl)N=C([OH2+])c1cc(Br)ccc1OCC(=O)O. The lowest BCUT2D eigenvalue weighted by atomic mass is 10.1. The van der Waals surface area contributed by atoms with Gasteiger partial charge in [0.05, 0.1) is 0 Å². The molecule has 9 heteroatoms. The third kappa shape index (κ3) is 5.45. The van der Waals surface area contributed by atoms with Crippen molar-refractivity contribution < 1.29 is 19.7 Å². The summed E-state index contributed by atoms with van der Waals surface area (Å²) in [5.74, 6) is -1.30. The van der Waals surface area contributed by atoms with Crippen molar-refractivity contribution in [2.45, 2.75) is 6.42 Å². The number of carboxylic acids is 1. The van der Waals surface area contributed by atoms with Crippen LogP contribution >= 0.6 is 39.1 Å². The third-order valence-electron chi connectivity index (χ3n) is 3.20. The molecule has 2 rings (SSSR count). The number of carbonyl (C=O) groups is 1. The van der Waals surface area contributed by atoms with Crippen LogP contribution in [0, 0.1) is 5.41 Å². The van der Waals surface area contributed by atoms with Gasteiger partial charge in [-0.1, -0.05) is 45.2 Å². The smallest absolute Gasteiger partial charge is 0.369 e. The fourth-order valence-electron chi connectivity index (χ4n) is 2.06. The van der Waals surface area contributed by atoms with Gasteiger partial charge in [-0.25, -0.2) is 4.79 Å². The van der Waals surface area contributed by atoms with E-state index in [1.54, 1.807) is 30.3 Å². The Morgan fingerprint density at radius 1 is 1.27 bits per heavy atom. The van der Waals surface area contributed by atoms with Crippen LogP contribution in [0.5, 0.6) is 5.75 Å². The maximum atomic E-state index is 10.7. The van der Waals surface area contributed by atoms with Crippen LogP contribution in [0.2, 0.25) is 10.0 Å². The lowest BCUT2D eigenvalue weighted by Crippen LogP contribution is -2.13. The number of amidine groups is 1. The molecule has 6 nitrogen and oxygen atoms in total. The Morgan fingerprint density at radius 2 is 1.92 bits per heavy atom. The van der Waals surface area contributed by atoms with Gasteiger partial charge >= 0.3 is 11.9 Å². The Morgan fingerprint density at radius 3 is 2.54 bits per heavy atom. The van der Waals surface area contributed by atoms with E-state index >= 15 is 0 Å². The molecule has 2 aromatic rings. The largest absolute Gasteiger partial charge is 0.578 e. The first kappa shape index (κ1) is 20.2. The van der Waals surface area contributed by atoms with E-state index in [0.717, 1.165) is 0 Å². The van der Waals surface area contributed by atoms with Gasteiger partial charge in [0.1, 0.15) is 17.1 Å². The van der Waals surface area contributed by atoms with Crippen LogP contribution in [0.15, 0.2) is 45.9 Å². The summed E-state index contributed by atoms with van der Waals surface area (Å²) in [7, 11) is 0. The Hall–Kier alpha value is -2.09. The Balaban J connectivity index is 2.26. The lowest BCUT2D eigenvalue weighted by molar-refractivity contribution is -0.139. The zero-order valence-electron chi connectivity index (χ0n) is 13.2. The summed E-state index contributed by atoms with van der Waals surface area (Å²) in [5.41, 5.74) is 0.810. The monoisotopic (exact) mass is 459 g/mol. The second-order valence-corrected chi connectivity index (χ2v) is 6.84. The quantitative estimate of drug-likeness (QED) is 0.387. The zero-order valence-corrected chi connectivity index (χ0v) is 16.3. The zero-order chi connectivity index (χ0) is 19.3. The van der Waals surface area contributed by atoms with Crippen molar-refractivity contribution in [2.24, 2.45) is 4.99 Å². The molecule has 0 bridgehead atoms. The van der Waals surface area contributed by atoms with E-state index in [-0.39, 0.29) is 29.5 Å². The molecule has 0 aliphatic carbocycles. The molecule has 0 aromatic heterocycles. The Kier molecular flexibility index (Phi) is 7.02. The van der Waals surface area contributed by atoms with Crippen LogP contribution in [0.4, 0.5) is 0 Å². The summed E-state index contributed by atoms with van der Waals surface area (Å²) >= 11 is 15.5. The van der Waals surface area contributed by atoms with Crippen LogP contribution in [-0.4, -0.2) is 34.5 Å². The highest BCUT2D eigenvalue weighted by atomic mass is 79.9. The lowest BCUT2D eigenvalue weighted by Gasteiger charge is -2.08. The van der Waals surface area contributed by atoms with Crippen LogP contribution in [0.3, 0.4) is 0 Å². The average molecular weight is 461 g/mol. The topological polar surface area (TPSA) is 106 Å². The van der Waals surface area contributed by atoms with Gasteiger partial charge in [-0.3, -0.25) is 5.41 Å². The molecule has 0 radical (unpaired) electrons. The molecule has 0 amide bonds. The number of ether oxygens (including phenoxy) is 1. The Labute approximate surface area is 167 Å². The van der Waals surface area contributed by atoms with Gasteiger partial charge in [0.15, 0.2) is 6.61 Å².